The number of carboxylic acid groups (broad SMARTS) is 1. The van der Waals surface area contributed by atoms with Gasteiger partial charge >= 0.3 is 12.1 Å². The summed E-state index contributed by atoms with van der Waals surface area (Å²) >= 11 is 0. The molecular weight excluding hydrogens is 680 g/mol. The molecule has 3 saturated carbocycles. The van der Waals surface area contributed by atoms with E-state index in [1.807, 2.05) is 29.6 Å². The number of aromatic amines is 1. The summed E-state index contributed by atoms with van der Waals surface area (Å²) in [5.74, 6) is -1.28. The highest BCUT2D eigenvalue weighted by Crippen LogP contribution is 2.49. The Bertz CT molecular complexity index is 1790. The zero-order chi connectivity index (χ0) is 38.8. The number of hydrogen-bond acceptors (Lipinski definition) is 9. The maximum Gasteiger partial charge on any atom is 0.408 e. The van der Waals surface area contributed by atoms with Crippen molar-refractivity contribution in [3.8, 4) is 11.3 Å². The molecule has 290 valence electrons. The Morgan fingerprint density at radius 1 is 0.962 bits per heavy atom. The van der Waals surface area contributed by atoms with E-state index < -0.39 is 29.7 Å². The van der Waals surface area contributed by atoms with Crippen LogP contribution in [0, 0.1) is 16.2 Å². The number of nitrogens with one attached hydrogen (secondary N) is 3. The Morgan fingerprint density at radius 3 is 2.08 bits per heavy atom. The molecular formula is C38H56N8O7. The average molecular weight is 737 g/mol. The van der Waals surface area contributed by atoms with E-state index in [4.69, 9.17) is 14.9 Å². The molecule has 0 bridgehead atoms. The third-order valence-electron chi connectivity index (χ3n) is 10.7. The number of hydrogen-bond donors (Lipinski definition) is 5. The van der Waals surface area contributed by atoms with Crippen LogP contribution in [0.5, 0.6) is 0 Å². The molecule has 3 aliphatic carbocycles. The molecule has 3 amide bonds. The van der Waals surface area contributed by atoms with Crippen molar-refractivity contribution in [1.82, 2.24) is 40.3 Å². The lowest BCUT2D eigenvalue weighted by atomic mass is 9.97. The van der Waals surface area contributed by atoms with Gasteiger partial charge < -0.3 is 35.5 Å². The fourth-order valence-electron chi connectivity index (χ4n) is 6.04. The molecule has 2 atom stereocenters. The van der Waals surface area contributed by atoms with Crippen molar-refractivity contribution in [1.29, 1.82) is 0 Å². The van der Waals surface area contributed by atoms with E-state index in [1.54, 1.807) is 39.4 Å². The zero-order valence-corrected chi connectivity index (χ0v) is 32.1. The molecule has 1 aliphatic heterocycles. The topological polar surface area (TPSA) is 205 Å². The fraction of sp³-hybridized carbons (Fsp3) is 0.658. The average Bonchev–Trinajstić information content (AvgIpc) is 4.00. The summed E-state index contributed by atoms with van der Waals surface area (Å²) in [4.78, 5) is 62.9. The van der Waals surface area contributed by atoms with Crippen LogP contribution in [0.4, 0.5) is 4.79 Å². The van der Waals surface area contributed by atoms with E-state index in [9.17, 15) is 19.2 Å². The van der Waals surface area contributed by atoms with Gasteiger partial charge in [-0.2, -0.15) is 5.10 Å². The summed E-state index contributed by atoms with van der Waals surface area (Å²) in [5, 5.41) is 27.2. The van der Waals surface area contributed by atoms with Gasteiger partial charge in [0, 0.05) is 44.2 Å². The first kappa shape index (κ1) is 39.7. The van der Waals surface area contributed by atoms with Crippen molar-refractivity contribution < 1.29 is 34.1 Å². The Kier molecular flexibility index (Phi) is 11.6. The van der Waals surface area contributed by atoms with Crippen molar-refractivity contribution in [2.24, 2.45) is 16.2 Å². The van der Waals surface area contributed by atoms with Gasteiger partial charge in [-0.25, -0.2) is 19.6 Å². The number of aliphatic hydroxyl groups is 1. The minimum absolute atomic E-state index is 0.0319. The quantitative estimate of drug-likeness (QED) is 0.190. The fourth-order valence-corrected chi connectivity index (χ4v) is 6.04. The van der Waals surface area contributed by atoms with Crippen LogP contribution in [-0.4, -0.2) is 101 Å². The molecule has 15 heteroatoms. The monoisotopic (exact) mass is 736 g/mol. The maximum absolute atomic E-state index is 13.2. The van der Waals surface area contributed by atoms with E-state index >= 15 is 0 Å². The molecule has 4 fully saturated rings. The van der Waals surface area contributed by atoms with Crippen molar-refractivity contribution in [3.63, 3.8) is 0 Å². The minimum Gasteiger partial charge on any atom is -0.480 e. The number of carbonyl (C=O) groups is 4. The molecule has 1 saturated heterocycles. The summed E-state index contributed by atoms with van der Waals surface area (Å²) in [6, 6.07) is -1.37. The molecule has 53 heavy (non-hydrogen) atoms. The van der Waals surface area contributed by atoms with Crippen LogP contribution >= 0.6 is 0 Å². The molecule has 0 radical (unpaired) electrons. The minimum atomic E-state index is -1.01. The third kappa shape index (κ3) is 10.1. The van der Waals surface area contributed by atoms with E-state index in [0.717, 1.165) is 63.7 Å². The smallest absolute Gasteiger partial charge is 0.408 e. The van der Waals surface area contributed by atoms with Gasteiger partial charge in [0.2, 0.25) is 5.91 Å². The van der Waals surface area contributed by atoms with Crippen molar-refractivity contribution in [2.45, 2.75) is 124 Å². The Balaban J connectivity index is 0.000000204. The molecule has 7 rings (SSSR count). The number of carbonyl (C=O) groups excluding carboxylic acids is 3. The van der Waals surface area contributed by atoms with Crippen LogP contribution in [0.25, 0.3) is 22.4 Å². The maximum atomic E-state index is 13.2. The van der Waals surface area contributed by atoms with Crippen molar-refractivity contribution in [3.05, 3.63) is 30.4 Å². The van der Waals surface area contributed by atoms with Gasteiger partial charge in [0.05, 0.1) is 23.7 Å². The lowest BCUT2D eigenvalue weighted by molar-refractivity contribution is -0.141. The molecule has 3 aromatic rings. The molecule has 3 aromatic heterocycles. The highest BCUT2D eigenvalue weighted by Gasteiger charge is 2.51. The molecule has 0 aromatic carbocycles. The van der Waals surface area contributed by atoms with E-state index in [0.29, 0.717) is 34.4 Å². The van der Waals surface area contributed by atoms with E-state index in [1.165, 1.54) is 12.8 Å². The molecule has 5 N–H and O–H groups in total. The number of nitrogens with zero attached hydrogens (tertiary/aromatic N) is 5. The first-order valence-corrected chi connectivity index (χ1v) is 18.7. The van der Waals surface area contributed by atoms with Crippen LogP contribution in [0.1, 0.15) is 110 Å². The summed E-state index contributed by atoms with van der Waals surface area (Å²) in [6.45, 7) is 15.9. The van der Waals surface area contributed by atoms with Crippen LogP contribution < -0.4 is 10.6 Å². The van der Waals surface area contributed by atoms with Gasteiger partial charge in [0.25, 0.3) is 5.91 Å². The highest BCUT2D eigenvalue weighted by atomic mass is 16.6. The number of aliphatic carboxylic acids is 1. The number of carboxylic acids is 1. The number of likely N-dealkylation sites (tertiary alicyclic amines) is 1. The van der Waals surface area contributed by atoms with Gasteiger partial charge in [-0.15, -0.1) is 0 Å². The molecule has 0 spiro atoms. The van der Waals surface area contributed by atoms with Gasteiger partial charge in [-0.05, 0) is 95.3 Å². The summed E-state index contributed by atoms with van der Waals surface area (Å²) in [7, 11) is 0. The predicted octanol–water partition coefficient (Wildman–Crippen LogP) is 4.91. The van der Waals surface area contributed by atoms with Crippen molar-refractivity contribution >= 4 is 35.0 Å². The summed E-state index contributed by atoms with van der Waals surface area (Å²) < 4.78 is 6.84. The highest BCUT2D eigenvalue weighted by molar-refractivity contribution is 6.06. The normalized spacial score (nSPS) is 19.7. The number of amides is 3. The summed E-state index contributed by atoms with van der Waals surface area (Å²) in [5.41, 5.74) is 2.17. The van der Waals surface area contributed by atoms with Gasteiger partial charge in [-0.1, -0.05) is 20.8 Å². The first-order valence-electron chi connectivity index (χ1n) is 18.7. The third-order valence-corrected chi connectivity index (χ3v) is 10.7. The SMILES string of the molecule is CC(C)(C)OC(=O)N[C@@H](C(=O)O)C1(C)CC1.CC1(CO)CC1.CCn1cc(-c2cnc3[nH]cc(C(=O)N[C@@H](C(=O)N4CCCC4)C4(C)CC4)c3n2)cn1. The number of rotatable bonds is 10. The predicted molar refractivity (Wildman–Crippen MR) is 198 cm³/mol. The lowest BCUT2D eigenvalue weighted by Gasteiger charge is -2.28. The zero-order valence-electron chi connectivity index (χ0n) is 32.1. The number of aliphatic hydroxyl groups excluding tert-OH is 1. The van der Waals surface area contributed by atoms with Gasteiger partial charge in [0.1, 0.15) is 23.2 Å². The molecule has 0 unspecified atom stereocenters. The van der Waals surface area contributed by atoms with Gasteiger partial charge in [0.15, 0.2) is 5.65 Å². The molecule has 4 heterocycles. The second kappa shape index (κ2) is 15.4. The Hall–Kier alpha value is -4.53. The van der Waals surface area contributed by atoms with E-state index in [2.05, 4.69) is 44.5 Å². The van der Waals surface area contributed by atoms with E-state index in [-0.39, 0.29) is 22.6 Å². The number of H-pyrrole nitrogens is 1. The lowest BCUT2D eigenvalue weighted by Crippen LogP contribution is -2.52. The van der Waals surface area contributed by atoms with Crippen LogP contribution in [-0.2, 0) is 20.9 Å². The standard InChI is InChI=1S/C22H27N7O2.C11H19NO4.C5H10O/c1-3-29-13-14(10-25-29)16-12-24-19-17(26-16)15(11-23-19)20(30)27-18(22(2)6-7-22)21(31)28-8-4-5-9-28;1-10(2,3)16-9(15)12-7(8(13)14)11(4)5-6-11;1-5(4-6)2-3-5/h10-13,18H,3-9H2,1-2H3,(H,23,24)(H,27,30);7H,5-6H2,1-4H3,(H,12,15)(H,13,14);6H,2-4H2,1H3/t18-;7-;/m00./s1. The number of aryl methyl sites for hydroxylation is 1. The summed E-state index contributed by atoms with van der Waals surface area (Å²) in [6.07, 6.45) is 14.3. The largest absolute Gasteiger partial charge is 0.480 e. The number of aromatic nitrogens is 5. The number of ether oxygens (including phenoxy) is 1. The molecule has 15 nitrogen and oxygen atoms in total. The van der Waals surface area contributed by atoms with Crippen LogP contribution in [0.15, 0.2) is 24.8 Å². The Morgan fingerprint density at radius 2 is 1.58 bits per heavy atom. The molecule has 4 aliphatic rings. The van der Waals surface area contributed by atoms with Crippen molar-refractivity contribution in [2.75, 3.05) is 19.7 Å². The number of alkyl carbamates (subject to hydrolysis) is 1. The van der Waals surface area contributed by atoms with Gasteiger partial charge in [-0.3, -0.25) is 14.3 Å². The Labute approximate surface area is 310 Å². The second-order valence-electron chi connectivity index (χ2n) is 16.9. The number of fused-ring (bicyclic) bond motifs is 1. The van der Waals surface area contributed by atoms with Crippen LogP contribution in [0.3, 0.4) is 0 Å². The second-order valence-corrected chi connectivity index (χ2v) is 16.9. The van der Waals surface area contributed by atoms with Crippen LogP contribution in [0.2, 0.25) is 0 Å². The first-order chi connectivity index (χ1) is 24.9.